The van der Waals surface area contributed by atoms with E-state index in [2.05, 4.69) is 0 Å². The van der Waals surface area contributed by atoms with Crippen molar-refractivity contribution in [1.82, 2.24) is 0 Å². The Labute approximate surface area is 109 Å². The van der Waals surface area contributed by atoms with Crippen LogP contribution >= 0.6 is 0 Å². The number of carbonyl (C=O) groups is 1. The average molecular weight is 258 g/mol. The minimum atomic E-state index is -0.643. The van der Waals surface area contributed by atoms with E-state index in [1.54, 1.807) is 6.07 Å². The molecule has 0 bridgehead atoms. The lowest BCUT2D eigenvalue weighted by Gasteiger charge is -2.08. The largest absolute Gasteiger partial charge is 0.486 e. The van der Waals surface area contributed by atoms with Crippen LogP contribution in [0.15, 0.2) is 42.5 Å². The lowest BCUT2D eigenvalue weighted by atomic mass is 10.1. The zero-order valence-electron chi connectivity index (χ0n) is 10.1. The molecule has 0 amide bonds. The fraction of sp³-hybridized carbons (Fsp3) is 0.133. The Hall–Kier alpha value is -2.36. The molecule has 3 rings (SSSR count). The molecule has 0 atom stereocenters. The number of rotatable bonds is 3. The van der Waals surface area contributed by atoms with Crippen LogP contribution in [0.3, 0.4) is 0 Å². The Kier molecular flexibility index (Phi) is 2.91. The van der Waals surface area contributed by atoms with Crippen LogP contribution < -0.4 is 9.47 Å². The van der Waals surface area contributed by atoms with Gasteiger partial charge in [0, 0.05) is 0 Å². The van der Waals surface area contributed by atoms with E-state index >= 15 is 0 Å². The molecule has 0 spiro atoms. The van der Waals surface area contributed by atoms with Crippen molar-refractivity contribution in [3.63, 3.8) is 0 Å². The van der Waals surface area contributed by atoms with Crippen LogP contribution in [0.1, 0.15) is 15.9 Å². The molecular weight excluding hydrogens is 247 g/mol. The molecule has 4 heteroatoms. The van der Waals surface area contributed by atoms with Gasteiger partial charge >= 0.3 is 0 Å². The Balaban J connectivity index is 1.83. The van der Waals surface area contributed by atoms with Crippen molar-refractivity contribution in [2.24, 2.45) is 0 Å². The van der Waals surface area contributed by atoms with E-state index in [0.717, 1.165) is 5.56 Å². The first-order valence-electron chi connectivity index (χ1n) is 5.91. The van der Waals surface area contributed by atoms with Gasteiger partial charge in [-0.25, -0.2) is 4.39 Å². The van der Waals surface area contributed by atoms with Crippen LogP contribution in [0.5, 0.6) is 11.5 Å². The maximum atomic E-state index is 14.1. The number of fused-ring (bicyclic) bond motifs is 1. The highest BCUT2D eigenvalue weighted by atomic mass is 19.1. The summed E-state index contributed by atoms with van der Waals surface area (Å²) in [4.78, 5) is 11.5. The molecule has 2 aromatic rings. The Morgan fingerprint density at radius 2 is 1.95 bits per heavy atom. The maximum Gasteiger partial charge on any atom is 0.207 e. The highest BCUT2D eigenvalue weighted by molar-refractivity contribution is 6.02. The van der Waals surface area contributed by atoms with E-state index in [9.17, 15) is 9.18 Å². The van der Waals surface area contributed by atoms with Crippen LogP contribution in [0, 0.1) is 5.82 Å². The molecule has 19 heavy (non-hydrogen) atoms. The van der Waals surface area contributed by atoms with Crippen molar-refractivity contribution in [1.29, 1.82) is 0 Å². The van der Waals surface area contributed by atoms with Crippen LogP contribution in [0.25, 0.3) is 0 Å². The third kappa shape index (κ3) is 2.17. The molecule has 0 radical (unpaired) electrons. The number of ether oxygens (including phenoxy) is 2. The molecule has 0 N–H and O–H groups in total. The molecule has 0 fully saturated rings. The predicted octanol–water partition coefficient (Wildman–Crippen LogP) is 2.98. The summed E-state index contributed by atoms with van der Waals surface area (Å²) < 4.78 is 24.6. The van der Waals surface area contributed by atoms with Gasteiger partial charge in [0.25, 0.3) is 0 Å². The second kappa shape index (κ2) is 4.72. The first kappa shape index (κ1) is 11.7. The summed E-state index contributed by atoms with van der Waals surface area (Å²) in [6.07, 6.45) is 0. The van der Waals surface area contributed by atoms with E-state index in [1.807, 2.05) is 30.3 Å². The molecule has 0 aromatic heterocycles. The zero-order chi connectivity index (χ0) is 13.2. The number of ketones is 1. The average Bonchev–Trinajstić information content (AvgIpc) is 2.82. The quantitative estimate of drug-likeness (QED) is 0.849. The molecule has 1 heterocycles. The third-order valence-corrected chi connectivity index (χ3v) is 2.94. The van der Waals surface area contributed by atoms with Crippen molar-refractivity contribution < 1.29 is 18.7 Å². The lowest BCUT2D eigenvalue weighted by Crippen LogP contribution is -2.03. The molecule has 1 aliphatic heterocycles. The summed E-state index contributed by atoms with van der Waals surface area (Å²) in [6, 6.07) is 12.5. The summed E-state index contributed by atoms with van der Waals surface area (Å²) in [5.41, 5.74) is 0.926. The SMILES string of the molecule is O=C1COc2ccc(OCc3ccccc3)c(F)c21. The summed E-state index contributed by atoms with van der Waals surface area (Å²) in [5, 5.41) is 0. The number of Topliss-reactive ketones (excluding diaryl/α,β-unsaturated/α-hetero) is 1. The Morgan fingerprint density at radius 3 is 2.74 bits per heavy atom. The summed E-state index contributed by atoms with van der Waals surface area (Å²) in [5.74, 6) is -0.635. The lowest BCUT2D eigenvalue weighted by molar-refractivity contribution is 0.0958. The molecule has 0 aliphatic carbocycles. The second-order valence-corrected chi connectivity index (χ2v) is 4.24. The normalized spacial score (nSPS) is 13.0. The van der Waals surface area contributed by atoms with Crippen LogP contribution in [-0.4, -0.2) is 12.4 Å². The fourth-order valence-electron chi connectivity index (χ4n) is 1.98. The molecule has 2 aromatic carbocycles. The van der Waals surface area contributed by atoms with Crippen LogP contribution in [-0.2, 0) is 6.61 Å². The molecule has 3 nitrogen and oxygen atoms in total. The summed E-state index contributed by atoms with van der Waals surface area (Å²) in [7, 11) is 0. The second-order valence-electron chi connectivity index (χ2n) is 4.24. The van der Waals surface area contributed by atoms with Gasteiger partial charge in [-0.1, -0.05) is 30.3 Å². The molecule has 1 aliphatic rings. The van der Waals surface area contributed by atoms with Crippen molar-refractivity contribution in [2.75, 3.05) is 6.61 Å². The minimum Gasteiger partial charge on any atom is -0.486 e. The van der Waals surface area contributed by atoms with E-state index < -0.39 is 5.82 Å². The van der Waals surface area contributed by atoms with Gasteiger partial charge in [-0.2, -0.15) is 0 Å². The van der Waals surface area contributed by atoms with Gasteiger partial charge in [0.2, 0.25) is 5.78 Å². The number of halogens is 1. The number of carbonyl (C=O) groups excluding carboxylic acids is 1. The van der Waals surface area contributed by atoms with E-state index in [-0.39, 0.29) is 36.1 Å². The van der Waals surface area contributed by atoms with Gasteiger partial charge in [-0.05, 0) is 17.7 Å². The summed E-state index contributed by atoms with van der Waals surface area (Å²) >= 11 is 0. The summed E-state index contributed by atoms with van der Waals surface area (Å²) in [6.45, 7) is 0.153. The first-order valence-corrected chi connectivity index (χ1v) is 5.91. The van der Waals surface area contributed by atoms with Gasteiger partial charge in [-0.3, -0.25) is 4.79 Å². The first-order chi connectivity index (χ1) is 9.25. The van der Waals surface area contributed by atoms with E-state index in [4.69, 9.17) is 9.47 Å². The fourth-order valence-corrected chi connectivity index (χ4v) is 1.98. The van der Waals surface area contributed by atoms with Gasteiger partial charge in [0.1, 0.15) is 17.9 Å². The molecule has 0 saturated heterocycles. The standard InChI is InChI=1S/C15H11FO3/c16-15-13(18-8-10-4-2-1-3-5-10)7-6-12-14(15)11(17)9-19-12/h1-7H,8-9H2. The maximum absolute atomic E-state index is 14.1. The monoisotopic (exact) mass is 258 g/mol. The Morgan fingerprint density at radius 1 is 1.16 bits per heavy atom. The highest BCUT2D eigenvalue weighted by Crippen LogP contribution is 2.33. The number of hydrogen-bond acceptors (Lipinski definition) is 3. The van der Waals surface area contributed by atoms with E-state index in [1.165, 1.54) is 6.07 Å². The molecular formula is C15H11FO3. The van der Waals surface area contributed by atoms with Crippen molar-refractivity contribution in [3.05, 3.63) is 59.4 Å². The van der Waals surface area contributed by atoms with Crippen LogP contribution in [0.4, 0.5) is 4.39 Å². The van der Waals surface area contributed by atoms with Gasteiger partial charge in [0.05, 0.1) is 0 Å². The predicted molar refractivity (Wildman–Crippen MR) is 67.0 cm³/mol. The van der Waals surface area contributed by atoms with Gasteiger partial charge < -0.3 is 9.47 Å². The smallest absolute Gasteiger partial charge is 0.207 e. The Bertz CT molecular complexity index is 623. The third-order valence-electron chi connectivity index (χ3n) is 2.94. The number of benzene rings is 2. The molecule has 0 unspecified atom stereocenters. The highest BCUT2D eigenvalue weighted by Gasteiger charge is 2.27. The number of hydrogen-bond donors (Lipinski definition) is 0. The van der Waals surface area contributed by atoms with Crippen LogP contribution in [0.2, 0.25) is 0 Å². The van der Waals surface area contributed by atoms with Crippen molar-refractivity contribution in [2.45, 2.75) is 6.61 Å². The minimum absolute atomic E-state index is 0.00874. The zero-order valence-corrected chi connectivity index (χ0v) is 10.1. The molecule has 0 saturated carbocycles. The van der Waals surface area contributed by atoms with Crippen molar-refractivity contribution in [3.8, 4) is 11.5 Å². The van der Waals surface area contributed by atoms with Crippen molar-refractivity contribution >= 4 is 5.78 Å². The van der Waals surface area contributed by atoms with Gasteiger partial charge in [-0.15, -0.1) is 0 Å². The van der Waals surface area contributed by atoms with E-state index in [0.29, 0.717) is 0 Å². The van der Waals surface area contributed by atoms with Gasteiger partial charge in [0.15, 0.2) is 18.2 Å². The molecule has 96 valence electrons. The topological polar surface area (TPSA) is 35.5 Å².